The molecule has 0 saturated heterocycles. The number of carbonyl (C=O) groups excluding carboxylic acids is 1. The van der Waals surface area contributed by atoms with Gasteiger partial charge < -0.3 is 30.7 Å². The number of nitrogens with zero attached hydrogens (tertiary/aromatic N) is 3. The van der Waals surface area contributed by atoms with E-state index in [9.17, 15) is 18.0 Å². The SMILES string of the molecule is CCN(CC)c1ccc(NC(=S)N(CCNC(=O)Nc2ccc(C(F)(F)F)cc2)CCN(C)C)cc1. The van der Waals surface area contributed by atoms with Gasteiger partial charge in [0.2, 0.25) is 0 Å². The molecule has 0 spiro atoms. The van der Waals surface area contributed by atoms with Gasteiger partial charge in [-0.25, -0.2) is 4.79 Å². The summed E-state index contributed by atoms with van der Waals surface area (Å²) < 4.78 is 38.1. The lowest BCUT2D eigenvalue weighted by atomic mass is 10.2. The predicted octanol–water partition coefficient (Wildman–Crippen LogP) is 4.93. The number of likely N-dealkylation sites (N-methyl/N-ethyl adjacent to an activating group) is 1. The first kappa shape index (κ1) is 29.2. The zero-order valence-corrected chi connectivity index (χ0v) is 22.0. The van der Waals surface area contributed by atoms with E-state index in [0.717, 1.165) is 43.1 Å². The number of rotatable bonds is 11. The molecule has 0 aliphatic rings. The molecule has 0 fully saturated rings. The minimum atomic E-state index is -4.42. The average molecular weight is 525 g/mol. The van der Waals surface area contributed by atoms with Crippen LogP contribution in [0.25, 0.3) is 0 Å². The summed E-state index contributed by atoms with van der Waals surface area (Å²) in [5, 5.41) is 9.07. The number of anilines is 3. The molecule has 0 saturated carbocycles. The van der Waals surface area contributed by atoms with E-state index in [1.165, 1.54) is 12.1 Å². The van der Waals surface area contributed by atoms with Crippen LogP contribution >= 0.6 is 12.2 Å². The topological polar surface area (TPSA) is 62.9 Å². The minimum absolute atomic E-state index is 0.273. The summed E-state index contributed by atoms with van der Waals surface area (Å²) in [4.78, 5) is 18.5. The van der Waals surface area contributed by atoms with Gasteiger partial charge in [-0.05, 0) is 88.7 Å². The smallest absolute Gasteiger partial charge is 0.372 e. The van der Waals surface area contributed by atoms with Crippen molar-refractivity contribution in [1.29, 1.82) is 0 Å². The second-order valence-electron chi connectivity index (χ2n) is 8.40. The number of carbonyl (C=O) groups is 1. The van der Waals surface area contributed by atoms with Crippen molar-refractivity contribution in [1.82, 2.24) is 15.1 Å². The molecule has 11 heteroatoms. The number of amides is 2. The number of urea groups is 1. The highest BCUT2D eigenvalue weighted by Crippen LogP contribution is 2.29. The summed E-state index contributed by atoms with van der Waals surface area (Å²) in [6.07, 6.45) is -4.42. The van der Waals surface area contributed by atoms with Crippen molar-refractivity contribution < 1.29 is 18.0 Å². The normalized spacial score (nSPS) is 11.2. The Morgan fingerprint density at radius 1 is 0.861 bits per heavy atom. The second-order valence-corrected chi connectivity index (χ2v) is 8.78. The summed E-state index contributed by atoms with van der Waals surface area (Å²) in [6, 6.07) is 11.9. The van der Waals surface area contributed by atoms with E-state index in [0.29, 0.717) is 24.7 Å². The van der Waals surface area contributed by atoms with Crippen LogP contribution in [0.4, 0.5) is 35.0 Å². The Hall–Kier alpha value is -3.05. The molecule has 2 rings (SSSR count). The van der Waals surface area contributed by atoms with Gasteiger partial charge in [-0.3, -0.25) is 0 Å². The van der Waals surface area contributed by atoms with Gasteiger partial charge in [0.25, 0.3) is 0 Å². The van der Waals surface area contributed by atoms with Crippen molar-refractivity contribution in [2.24, 2.45) is 0 Å². The molecule has 0 bridgehead atoms. The average Bonchev–Trinajstić information content (AvgIpc) is 2.82. The Bertz CT molecular complexity index is 963. The zero-order valence-electron chi connectivity index (χ0n) is 21.2. The van der Waals surface area contributed by atoms with E-state index < -0.39 is 17.8 Å². The quantitative estimate of drug-likeness (QED) is 0.362. The molecule has 0 radical (unpaired) electrons. The first-order valence-corrected chi connectivity index (χ1v) is 12.2. The Labute approximate surface area is 216 Å². The Balaban J connectivity index is 1.91. The van der Waals surface area contributed by atoms with Crippen LogP contribution in [0.2, 0.25) is 0 Å². The molecule has 7 nitrogen and oxygen atoms in total. The molecule has 2 amide bonds. The maximum Gasteiger partial charge on any atom is 0.416 e. The second kappa shape index (κ2) is 13.9. The lowest BCUT2D eigenvalue weighted by Gasteiger charge is -2.27. The molecule has 3 N–H and O–H groups in total. The van der Waals surface area contributed by atoms with Gasteiger partial charge >= 0.3 is 12.2 Å². The largest absolute Gasteiger partial charge is 0.416 e. The van der Waals surface area contributed by atoms with E-state index >= 15 is 0 Å². The molecule has 0 unspecified atom stereocenters. The molecule has 198 valence electrons. The van der Waals surface area contributed by atoms with Gasteiger partial charge in [0, 0.05) is 56.3 Å². The van der Waals surface area contributed by atoms with Crippen molar-refractivity contribution in [2.45, 2.75) is 20.0 Å². The number of alkyl halides is 3. The van der Waals surface area contributed by atoms with Crippen LogP contribution in [0.15, 0.2) is 48.5 Å². The third kappa shape index (κ3) is 9.54. The molecule has 2 aromatic rings. The number of hydrogen-bond acceptors (Lipinski definition) is 4. The fourth-order valence-electron chi connectivity index (χ4n) is 3.40. The van der Waals surface area contributed by atoms with E-state index in [1.54, 1.807) is 0 Å². The predicted molar refractivity (Wildman–Crippen MR) is 145 cm³/mol. The highest BCUT2D eigenvalue weighted by Gasteiger charge is 2.30. The highest BCUT2D eigenvalue weighted by atomic mass is 32.1. The minimum Gasteiger partial charge on any atom is -0.372 e. The standard InChI is InChI=1S/C25H35F3N6OS/c1-5-33(6-2)22-13-11-21(12-14-22)31-24(36)34(18-17-32(3)4)16-15-29-23(35)30-20-9-7-19(8-10-20)25(26,27)28/h7-14H,5-6,15-18H2,1-4H3,(H,31,36)(H2,29,30,35). The van der Waals surface area contributed by atoms with Gasteiger partial charge in [-0.2, -0.15) is 13.2 Å². The third-order valence-electron chi connectivity index (χ3n) is 5.49. The fraction of sp³-hybridized carbons (Fsp3) is 0.440. The van der Waals surface area contributed by atoms with Crippen LogP contribution in [0.5, 0.6) is 0 Å². The molecule has 0 aliphatic heterocycles. The van der Waals surface area contributed by atoms with E-state index in [-0.39, 0.29) is 5.69 Å². The van der Waals surface area contributed by atoms with Crippen LogP contribution in [-0.2, 0) is 6.18 Å². The Kier molecular flexibility index (Phi) is 11.3. The van der Waals surface area contributed by atoms with Gasteiger partial charge in [-0.1, -0.05) is 0 Å². The molecule has 36 heavy (non-hydrogen) atoms. The van der Waals surface area contributed by atoms with Crippen molar-refractivity contribution in [3.05, 3.63) is 54.1 Å². The summed E-state index contributed by atoms with van der Waals surface area (Å²) in [7, 11) is 3.94. The Morgan fingerprint density at radius 2 is 1.42 bits per heavy atom. The van der Waals surface area contributed by atoms with Crippen molar-refractivity contribution >= 4 is 40.4 Å². The first-order chi connectivity index (χ1) is 17.0. The van der Waals surface area contributed by atoms with Gasteiger partial charge in [-0.15, -0.1) is 0 Å². The van der Waals surface area contributed by atoms with Crippen LogP contribution in [0.1, 0.15) is 19.4 Å². The van der Waals surface area contributed by atoms with Gasteiger partial charge in [0.1, 0.15) is 0 Å². The van der Waals surface area contributed by atoms with Crippen molar-refractivity contribution in [2.75, 3.05) is 68.9 Å². The maximum absolute atomic E-state index is 12.7. The van der Waals surface area contributed by atoms with Crippen molar-refractivity contribution in [3.63, 3.8) is 0 Å². The van der Waals surface area contributed by atoms with Gasteiger partial charge in [0.15, 0.2) is 5.11 Å². The van der Waals surface area contributed by atoms with E-state index in [1.807, 2.05) is 36.0 Å². The molecular formula is C25H35F3N6OS. The molecule has 0 atom stereocenters. The molecule has 0 aromatic heterocycles. The zero-order chi connectivity index (χ0) is 26.7. The summed E-state index contributed by atoms with van der Waals surface area (Å²) in [5.74, 6) is 0. The fourth-order valence-corrected chi connectivity index (χ4v) is 3.71. The van der Waals surface area contributed by atoms with Gasteiger partial charge in [0.05, 0.1) is 5.56 Å². The monoisotopic (exact) mass is 524 g/mol. The lowest BCUT2D eigenvalue weighted by molar-refractivity contribution is -0.137. The molecule has 2 aromatic carbocycles. The summed E-state index contributed by atoms with van der Waals surface area (Å²) in [6.45, 7) is 8.26. The highest BCUT2D eigenvalue weighted by molar-refractivity contribution is 7.80. The van der Waals surface area contributed by atoms with Crippen LogP contribution in [0.3, 0.4) is 0 Å². The first-order valence-electron chi connectivity index (χ1n) is 11.8. The maximum atomic E-state index is 12.7. The molecular weight excluding hydrogens is 489 g/mol. The van der Waals surface area contributed by atoms with Crippen LogP contribution in [0, 0.1) is 0 Å². The molecule has 0 heterocycles. The number of nitrogens with one attached hydrogen (secondary N) is 3. The van der Waals surface area contributed by atoms with Crippen LogP contribution in [-0.4, -0.2) is 74.3 Å². The number of hydrogen-bond donors (Lipinski definition) is 3. The van der Waals surface area contributed by atoms with Crippen LogP contribution < -0.4 is 20.9 Å². The lowest BCUT2D eigenvalue weighted by Crippen LogP contribution is -2.44. The van der Waals surface area contributed by atoms with E-state index in [2.05, 4.69) is 46.8 Å². The number of benzene rings is 2. The van der Waals surface area contributed by atoms with E-state index in [4.69, 9.17) is 12.2 Å². The van der Waals surface area contributed by atoms with Crippen molar-refractivity contribution in [3.8, 4) is 0 Å². The third-order valence-corrected chi connectivity index (χ3v) is 5.85. The number of thiocarbonyl (C=S) groups is 1. The molecule has 0 aliphatic carbocycles. The Morgan fingerprint density at radius 3 is 1.94 bits per heavy atom. The number of halogens is 3. The summed E-state index contributed by atoms with van der Waals surface area (Å²) >= 11 is 5.63. The summed E-state index contributed by atoms with van der Waals surface area (Å²) in [5.41, 5.74) is 1.52.